The lowest BCUT2D eigenvalue weighted by Gasteiger charge is -2.30. The van der Waals surface area contributed by atoms with E-state index in [4.69, 9.17) is 0 Å². The molecule has 2 amide bonds. The number of H-pyrrole nitrogens is 1. The van der Waals surface area contributed by atoms with Gasteiger partial charge in [0.2, 0.25) is 11.8 Å². The summed E-state index contributed by atoms with van der Waals surface area (Å²) in [6, 6.07) is 0. The van der Waals surface area contributed by atoms with Gasteiger partial charge in [-0.15, -0.1) is 0 Å². The van der Waals surface area contributed by atoms with Crippen LogP contribution in [0.25, 0.3) is 0 Å². The average Bonchev–Trinajstić information content (AvgIpc) is 2.90. The third-order valence-corrected chi connectivity index (χ3v) is 3.95. The van der Waals surface area contributed by atoms with Crippen LogP contribution in [0.4, 0.5) is 5.69 Å². The van der Waals surface area contributed by atoms with Gasteiger partial charge in [0.1, 0.15) is 0 Å². The smallest absolute Gasteiger partial charge is 0.240 e. The monoisotopic (exact) mass is 233 g/mol. The van der Waals surface area contributed by atoms with Gasteiger partial charge in [0.05, 0.1) is 17.3 Å². The van der Waals surface area contributed by atoms with Crippen LogP contribution in [-0.2, 0) is 9.59 Å². The van der Waals surface area contributed by atoms with Gasteiger partial charge in [-0.1, -0.05) is 19.3 Å². The number of hydrogen-bond acceptors (Lipinski definition) is 3. The van der Waals surface area contributed by atoms with E-state index in [1.807, 2.05) is 0 Å². The quantitative estimate of drug-likeness (QED) is 0.749. The van der Waals surface area contributed by atoms with Gasteiger partial charge < -0.3 is 0 Å². The summed E-state index contributed by atoms with van der Waals surface area (Å²) < 4.78 is 0. The second kappa shape index (κ2) is 3.68. The molecule has 1 aliphatic heterocycles. The molecule has 1 aromatic rings. The fraction of sp³-hybridized carbons (Fsp3) is 0.583. The Labute approximate surface area is 99.2 Å². The standard InChI is InChI=1S/C12H15N3O2/c16-10-6-12(4-2-1-3-5-12)11(17)15(10)9-7-13-14-8-9/h7-8H,1-6H2,(H,13,14). The lowest BCUT2D eigenvalue weighted by atomic mass is 9.73. The molecule has 2 heterocycles. The number of aromatic amines is 1. The summed E-state index contributed by atoms with van der Waals surface area (Å²) in [7, 11) is 0. The number of nitrogens with zero attached hydrogens (tertiary/aromatic N) is 2. The summed E-state index contributed by atoms with van der Waals surface area (Å²) in [6.07, 6.45) is 8.48. The predicted molar refractivity (Wildman–Crippen MR) is 61.2 cm³/mol. The van der Waals surface area contributed by atoms with E-state index in [0.29, 0.717) is 12.1 Å². The third-order valence-electron chi connectivity index (χ3n) is 3.95. The minimum absolute atomic E-state index is 0.0244. The van der Waals surface area contributed by atoms with Crippen LogP contribution in [-0.4, -0.2) is 22.0 Å². The average molecular weight is 233 g/mol. The van der Waals surface area contributed by atoms with Crippen LogP contribution in [0.3, 0.4) is 0 Å². The highest BCUT2D eigenvalue weighted by Crippen LogP contribution is 2.46. The molecule has 1 aromatic heterocycles. The van der Waals surface area contributed by atoms with E-state index in [9.17, 15) is 9.59 Å². The maximum atomic E-state index is 12.5. The highest BCUT2D eigenvalue weighted by molar-refractivity contribution is 6.22. The van der Waals surface area contributed by atoms with Gasteiger partial charge in [0, 0.05) is 12.6 Å². The number of hydrogen-bond donors (Lipinski definition) is 1. The minimum Gasteiger partial charge on any atom is -0.284 e. The summed E-state index contributed by atoms with van der Waals surface area (Å²) in [4.78, 5) is 25.8. The molecule has 3 rings (SSSR count). The van der Waals surface area contributed by atoms with Crippen molar-refractivity contribution in [1.82, 2.24) is 10.2 Å². The van der Waals surface area contributed by atoms with Crippen molar-refractivity contribution in [2.75, 3.05) is 4.90 Å². The molecular formula is C12H15N3O2. The zero-order valence-electron chi connectivity index (χ0n) is 9.61. The van der Waals surface area contributed by atoms with Crippen LogP contribution in [0.2, 0.25) is 0 Å². The Bertz CT molecular complexity index is 446. The molecule has 90 valence electrons. The molecule has 1 aliphatic carbocycles. The number of carbonyl (C=O) groups is 2. The number of aromatic nitrogens is 2. The molecule has 0 atom stereocenters. The summed E-state index contributed by atoms with van der Waals surface area (Å²) in [6.45, 7) is 0. The fourth-order valence-electron chi connectivity index (χ4n) is 3.04. The van der Waals surface area contributed by atoms with Gasteiger partial charge >= 0.3 is 0 Å². The summed E-state index contributed by atoms with van der Waals surface area (Å²) in [5.41, 5.74) is 0.162. The first-order valence-corrected chi connectivity index (χ1v) is 6.09. The van der Waals surface area contributed by atoms with Crippen molar-refractivity contribution in [3.63, 3.8) is 0 Å². The van der Waals surface area contributed by atoms with E-state index in [1.54, 1.807) is 6.20 Å². The van der Waals surface area contributed by atoms with E-state index in [-0.39, 0.29) is 11.8 Å². The van der Waals surface area contributed by atoms with Crippen molar-refractivity contribution >= 4 is 17.5 Å². The van der Waals surface area contributed by atoms with E-state index in [0.717, 1.165) is 25.7 Å². The van der Waals surface area contributed by atoms with Crippen LogP contribution >= 0.6 is 0 Å². The Kier molecular flexibility index (Phi) is 2.28. The number of amides is 2. The van der Waals surface area contributed by atoms with Crippen LogP contribution in [0.1, 0.15) is 38.5 Å². The highest BCUT2D eigenvalue weighted by Gasteiger charge is 2.52. The number of imide groups is 1. The zero-order valence-corrected chi connectivity index (χ0v) is 9.61. The largest absolute Gasteiger partial charge is 0.284 e. The number of carbonyl (C=O) groups excluding carboxylic acids is 2. The van der Waals surface area contributed by atoms with Crippen LogP contribution < -0.4 is 4.90 Å². The molecule has 2 fully saturated rings. The maximum absolute atomic E-state index is 12.5. The molecule has 1 saturated heterocycles. The number of anilines is 1. The maximum Gasteiger partial charge on any atom is 0.240 e. The van der Waals surface area contributed by atoms with E-state index < -0.39 is 5.41 Å². The number of rotatable bonds is 1. The second-order valence-corrected chi connectivity index (χ2v) is 5.01. The lowest BCUT2D eigenvalue weighted by molar-refractivity contribution is -0.127. The van der Waals surface area contributed by atoms with Crippen molar-refractivity contribution in [3.8, 4) is 0 Å². The third kappa shape index (κ3) is 1.49. The van der Waals surface area contributed by atoms with Crippen molar-refractivity contribution < 1.29 is 9.59 Å². The Balaban J connectivity index is 1.93. The molecule has 1 N–H and O–H groups in total. The topological polar surface area (TPSA) is 66.1 Å². The summed E-state index contributed by atoms with van der Waals surface area (Å²) in [5.74, 6) is -0.109. The van der Waals surface area contributed by atoms with Gasteiger partial charge in [-0.3, -0.25) is 14.7 Å². The first-order chi connectivity index (χ1) is 8.23. The van der Waals surface area contributed by atoms with Crippen molar-refractivity contribution in [3.05, 3.63) is 12.4 Å². The van der Waals surface area contributed by atoms with Crippen molar-refractivity contribution in [2.45, 2.75) is 38.5 Å². The Morgan fingerprint density at radius 3 is 2.65 bits per heavy atom. The summed E-state index contributed by atoms with van der Waals surface area (Å²) >= 11 is 0. The molecule has 5 nitrogen and oxygen atoms in total. The Morgan fingerprint density at radius 1 is 1.24 bits per heavy atom. The van der Waals surface area contributed by atoms with E-state index in [1.165, 1.54) is 17.5 Å². The van der Waals surface area contributed by atoms with E-state index in [2.05, 4.69) is 10.2 Å². The molecule has 1 saturated carbocycles. The predicted octanol–water partition coefficient (Wildman–Crippen LogP) is 1.62. The van der Waals surface area contributed by atoms with Crippen LogP contribution in [0.5, 0.6) is 0 Å². The van der Waals surface area contributed by atoms with Crippen molar-refractivity contribution in [1.29, 1.82) is 0 Å². The summed E-state index contributed by atoms with van der Waals surface area (Å²) in [5, 5.41) is 6.44. The highest BCUT2D eigenvalue weighted by atomic mass is 16.2. The van der Waals surface area contributed by atoms with Gasteiger partial charge in [0.15, 0.2) is 0 Å². The van der Waals surface area contributed by atoms with Crippen LogP contribution in [0, 0.1) is 5.41 Å². The van der Waals surface area contributed by atoms with Crippen LogP contribution in [0.15, 0.2) is 12.4 Å². The van der Waals surface area contributed by atoms with E-state index >= 15 is 0 Å². The molecule has 17 heavy (non-hydrogen) atoms. The molecule has 0 aromatic carbocycles. The normalized spacial score (nSPS) is 23.6. The van der Waals surface area contributed by atoms with Gasteiger partial charge in [-0.05, 0) is 12.8 Å². The molecular weight excluding hydrogens is 218 g/mol. The first-order valence-electron chi connectivity index (χ1n) is 6.09. The minimum atomic E-state index is -0.410. The second-order valence-electron chi connectivity index (χ2n) is 5.01. The number of nitrogens with one attached hydrogen (secondary N) is 1. The Hall–Kier alpha value is -1.65. The Morgan fingerprint density at radius 2 is 2.00 bits per heavy atom. The van der Waals surface area contributed by atoms with Crippen molar-refractivity contribution in [2.24, 2.45) is 5.41 Å². The molecule has 1 spiro atoms. The molecule has 0 unspecified atom stereocenters. The lowest BCUT2D eigenvalue weighted by Crippen LogP contribution is -2.36. The molecule has 2 aliphatic rings. The van der Waals surface area contributed by atoms with Gasteiger partial charge in [0.25, 0.3) is 0 Å². The molecule has 0 radical (unpaired) electrons. The van der Waals surface area contributed by atoms with Gasteiger partial charge in [-0.2, -0.15) is 5.10 Å². The van der Waals surface area contributed by atoms with Gasteiger partial charge in [-0.25, -0.2) is 4.90 Å². The molecule has 5 heteroatoms. The SMILES string of the molecule is O=C1CC2(CCCCC2)C(=O)N1c1cn[nH]c1. The molecule has 0 bridgehead atoms. The zero-order chi connectivity index (χ0) is 11.9. The first kappa shape index (κ1) is 10.5. The fourth-order valence-corrected chi connectivity index (χ4v) is 3.04.